The number of sulfone groups is 1. The molecule has 0 amide bonds. The predicted octanol–water partition coefficient (Wildman–Crippen LogP) is 1.37. The second-order valence-electron chi connectivity index (χ2n) is 3.76. The molecular formula is C11H17NO2S. The maximum absolute atomic E-state index is 11.8. The van der Waals surface area contributed by atoms with Crippen LogP contribution < -0.4 is 5.73 Å². The molecule has 0 aliphatic carbocycles. The van der Waals surface area contributed by atoms with Crippen LogP contribution in [0.1, 0.15) is 19.4 Å². The molecule has 1 atom stereocenters. The third-order valence-electron chi connectivity index (χ3n) is 2.17. The lowest BCUT2D eigenvalue weighted by Gasteiger charge is -2.07. The van der Waals surface area contributed by atoms with Gasteiger partial charge in [0.05, 0.1) is 10.6 Å². The van der Waals surface area contributed by atoms with Crippen molar-refractivity contribution in [3.63, 3.8) is 0 Å². The molecule has 1 aromatic carbocycles. The quantitative estimate of drug-likeness (QED) is 0.845. The average molecular weight is 227 g/mol. The third-order valence-corrected chi connectivity index (χ3v) is 4.13. The molecule has 4 heteroatoms. The van der Waals surface area contributed by atoms with Crippen LogP contribution in [0.2, 0.25) is 0 Å². The number of rotatable bonds is 4. The van der Waals surface area contributed by atoms with Gasteiger partial charge in [0, 0.05) is 6.04 Å². The molecule has 0 bridgehead atoms. The molecule has 0 aliphatic rings. The molecule has 84 valence electrons. The van der Waals surface area contributed by atoms with Crippen molar-refractivity contribution in [1.82, 2.24) is 0 Å². The Kier molecular flexibility index (Phi) is 3.88. The maximum atomic E-state index is 11.8. The summed E-state index contributed by atoms with van der Waals surface area (Å²) in [5.74, 6) is -0.00152. The third kappa shape index (κ3) is 3.32. The molecule has 1 rings (SSSR count). The van der Waals surface area contributed by atoms with E-state index in [9.17, 15) is 8.42 Å². The van der Waals surface area contributed by atoms with Gasteiger partial charge < -0.3 is 5.73 Å². The van der Waals surface area contributed by atoms with Crippen molar-refractivity contribution in [3.8, 4) is 0 Å². The summed E-state index contributed by atoms with van der Waals surface area (Å²) in [6.07, 6.45) is 0.910. The van der Waals surface area contributed by atoms with Crippen molar-refractivity contribution in [2.75, 3.05) is 5.75 Å². The molecule has 15 heavy (non-hydrogen) atoms. The minimum Gasteiger partial charge on any atom is -0.327 e. The Morgan fingerprint density at radius 1 is 1.27 bits per heavy atom. The minimum atomic E-state index is -3.21. The van der Waals surface area contributed by atoms with Crippen LogP contribution in [0, 0.1) is 0 Å². The van der Waals surface area contributed by atoms with E-state index in [1.165, 1.54) is 0 Å². The fourth-order valence-corrected chi connectivity index (χ4v) is 2.81. The molecule has 1 unspecified atom stereocenters. The van der Waals surface area contributed by atoms with E-state index in [1.807, 2.05) is 19.1 Å². The molecule has 0 fully saturated rings. The van der Waals surface area contributed by atoms with E-state index in [4.69, 9.17) is 5.73 Å². The van der Waals surface area contributed by atoms with Crippen LogP contribution in [0.4, 0.5) is 0 Å². The number of hydrogen-bond donors (Lipinski definition) is 1. The first-order chi connectivity index (χ1) is 6.95. The topological polar surface area (TPSA) is 60.2 Å². The molecule has 0 aliphatic heterocycles. The highest BCUT2D eigenvalue weighted by molar-refractivity contribution is 7.91. The summed E-state index contributed by atoms with van der Waals surface area (Å²) in [4.78, 5) is 0.358. The Hall–Kier alpha value is -0.870. The van der Waals surface area contributed by atoms with Crippen molar-refractivity contribution >= 4 is 9.84 Å². The first-order valence-electron chi connectivity index (χ1n) is 5.03. The van der Waals surface area contributed by atoms with Gasteiger partial charge in [-0.25, -0.2) is 8.42 Å². The van der Waals surface area contributed by atoms with Crippen molar-refractivity contribution in [1.29, 1.82) is 0 Å². The van der Waals surface area contributed by atoms with Gasteiger partial charge >= 0.3 is 0 Å². The van der Waals surface area contributed by atoms with Gasteiger partial charge in [-0.05, 0) is 31.0 Å². The van der Waals surface area contributed by atoms with Gasteiger partial charge in [-0.1, -0.05) is 19.1 Å². The van der Waals surface area contributed by atoms with Crippen LogP contribution in [0.25, 0.3) is 0 Å². The van der Waals surface area contributed by atoms with E-state index in [0.717, 1.165) is 12.0 Å². The highest BCUT2D eigenvalue weighted by Gasteiger charge is 2.15. The minimum absolute atomic E-state index is 0.00152. The Morgan fingerprint density at radius 3 is 2.20 bits per heavy atom. The second kappa shape index (κ2) is 4.77. The lowest BCUT2D eigenvalue weighted by Crippen LogP contribution is -2.26. The zero-order valence-corrected chi connectivity index (χ0v) is 9.92. The number of aryl methyl sites for hydroxylation is 1. The monoisotopic (exact) mass is 227 g/mol. The number of nitrogens with two attached hydrogens (primary N) is 1. The Labute approximate surface area is 91.2 Å². The van der Waals surface area contributed by atoms with E-state index in [-0.39, 0.29) is 11.8 Å². The fourth-order valence-electron chi connectivity index (χ4n) is 1.37. The predicted molar refractivity (Wildman–Crippen MR) is 61.5 cm³/mol. The SMILES string of the molecule is CCc1ccc(S(=O)(=O)CC(C)N)cc1. The van der Waals surface area contributed by atoms with E-state index in [2.05, 4.69) is 0 Å². The first-order valence-corrected chi connectivity index (χ1v) is 6.68. The van der Waals surface area contributed by atoms with Gasteiger partial charge in [0.25, 0.3) is 0 Å². The van der Waals surface area contributed by atoms with Gasteiger partial charge in [0.2, 0.25) is 0 Å². The zero-order valence-electron chi connectivity index (χ0n) is 9.10. The molecule has 0 spiro atoms. The summed E-state index contributed by atoms with van der Waals surface area (Å²) in [5.41, 5.74) is 6.63. The van der Waals surface area contributed by atoms with Gasteiger partial charge in [0.1, 0.15) is 0 Å². The van der Waals surface area contributed by atoms with Crippen LogP contribution in [-0.2, 0) is 16.3 Å². The van der Waals surface area contributed by atoms with Crippen LogP contribution in [0.3, 0.4) is 0 Å². The summed E-state index contributed by atoms with van der Waals surface area (Å²) in [5, 5.41) is 0. The Morgan fingerprint density at radius 2 is 1.80 bits per heavy atom. The molecule has 0 radical (unpaired) electrons. The summed E-state index contributed by atoms with van der Waals surface area (Å²) in [6, 6.07) is 6.65. The van der Waals surface area contributed by atoms with E-state index in [0.29, 0.717) is 4.90 Å². The molecular weight excluding hydrogens is 210 g/mol. The standard InChI is InChI=1S/C11H17NO2S/c1-3-10-4-6-11(7-5-10)15(13,14)8-9(2)12/h4-7,9H,3,8,12H2,1-2H3. The molecule has 0 saturated heterocycles. The van der Waals surface area contributed by atoms with Crippen LogP contribution in [0.5, 0.6) is 0 Å². The fraction of sp³-hybridized carbons (Fsp3) is 0.455. The van der Waals surface area contributed by atoms with Crippen molar-refractivity contribution in [2.24, 2.45) is 5.73 Å². The van der Waals surface area contributed by atoms with E-state index < -0.39 is 9.84 Å². The highest BCUT2D eigenvalue weighted by Crippen LogP contribution is 2.13. The maximum Gasteiger partial charge on any atom is 0.179 e. The molecule has 0 heterocycles. The van der Waals surface area contributed by atoms with Gasteiger partial charge in [-0.2, -0.15) is 0 Å². The smallest absolute Gasteiger partial charge is 0.179 e. The summed E-state index contributed by atoms with van der Waals surface area (Å²) >= 11 is 0. The van der Waals surface area contributed by atoms with Crippen molar-refractivity contribution < 1.29 is 8.42 Å². The highest BCUT2D eigenvalue weighted by atomic mass is 32.2. The van der Waals surface area contributed by atoms with Gasteiger partial charge in [-0.15, -0.1) is 0 Å². The Bertz CT molecular complexity index is 407. The van der Waals surface area contributed by atoms with E-state index in [1.54, 1.807) is 19.1 Å². The van der Waals surface area contributed by atoms with Crippen LogP contribution >= 0.6 is 0 Å². The van der Waals surface area contributed by atoms with E-state index >= 15 is 0 Å². The Balaban J connectivity index is 2.96. The molecule has 2 N–H and O–H groups in total. The summed E-state index contributed by atoms with van der Waals surface area (Å²) < 4.78 is 23.5. The lowest BCUT2D eigenvalue weighted by molar-refractivity contribution is 0.590. The average Bonchev–Trinajstić information content (AvgIpc) is 2.16. The number of benzene rings is 1. The largest absolute Gasteiger partial charge is 0.327 e. The summed E-state index contributed by atoms with van der Waals surface area (Å²) in [7, 11) is -3.21. The zero-order chi connectivity index (χ0) is 11.5. The second-order valence-corrected chi connectivity index (χ2v) is 5.79. The number of hydrogen-bond acceptors (Lipinski definition) is 3. The summed E-state index contributed by atoms with van der Waals surface area (Å²) in [6.45, 7) is 3.73. The van der Waals surface area contributed by atoms with Crippen molar-refractivity contribution in [3.05, 3.63) is 29.8 Å². The normalized spacial score (nSPS) is 13.8. The van der Waals surface area contributed by atoms with Crippen LogP contribution in [0.15, 0.2) is 29.2 Å². The molecule has 0 saturated carbocycles. The first kappa shape index (κ1) is 12.2. The molecule has 0 aromatic heterocycles. The van der Waals surface area contributed by atoms with Crippen molar-refractivity contribution in [2.45, 2.75) is 31.2 Å². The molecule has 3 nitrogen and oxygen atoms in total. The van der Waals surface area contributed by atoms with Crippen LogP contribution in [-0.4, -0.2) is 20.2 Å². The molecule has 1 aromatic rings. The van der Waals surface area contributed by atoms with Gasteiger partial charge in [-0.3, -0.25) is 0 Å². The lowest BCUT2D eigenvalue weighted by atomic mass is 10.2. The van der Waals surface area contributed by atoms with Gasteiger partial charge in [0.15, 0.2) is 9.84 Å².